The summed E-state index contributed by atoms with van der Waals surface area (Å²) in [6.45, 7) is 9.21. The molecule has 1 nitrogen and oxygen atoms in total. The van der Waals surface area contributed by atoms with Crippen molar-refractivity contribution < 1.29 is 4.74 Å². The fourth-order valence-corrected chi connectivity index (χ4v) is 6.64. The summed E-state index contributed by atoms with van der Waals surface area (Å²) in [5, 5.41) is 2.24. The van der Waals surface area contributed by atoms with E-state index in [1.165, 1.54) is 5.19 Å². The third kappa shape index (κ3) is 3.02. The average molecular weight is 257 g/mol. The maximum Gasteiger partial charge on any atom is 0.120 e. The van der Waals surface area contributed by atoms with Crippen molar-refractivity contribution >= 4 is 25.6 Å². The first-order valence-electron chi connectivity index (χ1n) is 5.80. The molecule has 0 radical (unpaired) electrons. The van der Waals surface area contributed by atoms with Crippen molar-refractivity contribution in [3.8, 4) is 5.75 Å². The van der Waals surface area contributed by atoms with Gasteiger partial charge in [0.1, 0.15) is 5.75 Å². The second-order valence-electron chi connectivity index (χ2n) is 4.90. The molecule has 90 valence electrons. The van der Waals surface area contributed by atoms with Gasteiger partial charge in [0.2, 0.25) is 0 Å². The summed E-state index contributed by atoms with van der Waals surface area (Å²) in [6, 6.07) is 6.10. The Bertz CT molecular complexity index is 342. The molecule has 0 saturated carbocycles. The SMILES string of the molecule is COc1ccc([SiH](C(C)C)C(C)C)c(Cl)c1. The lowest BCUT2D eigenvalue weighted by Crippen LogP contribution is -2.36. The highest BCUT2D eigenvalue weighted by atomic mass is 35.5. The van der Waals surface area contributed by atoms with E-state index in [4.69, 9.17) is 16.3 Å². The van der Waals surface area contributed by atoms with E-state index in [0.717, 1.165) is 21.9 Å². The van der Waals surface area contributed by atoms with Crippen LogP contribution in [-0.2, 0) is 0 Å². The Labute approximate surface area is 105 Å². The highest BCUT2D eigenvalue weighted by Gasteiger charge is 2.23. The van der Waals surface area contributed by atoms with Crippen LogP contribution in [0.15, 0.2) is 18.2 Å². The molecule has 0 aliphatic carbocycles. The van der Waals surface area contributed by atoms with Crippen molar-refractivity contribution in [3.63, 3.8) is 0 Å². The number of hydrogen-bond acceptors (Lipinski definition) is 1. The minimum Gasteiger partial charge on any atom is -0.497 e. The lowest BCUT2D eigenvalue weighted by Gasteiger charge is -2.24. The summed E-state index contributed by atoms with van der Waals surface area (Å²) in [4.78, 5) is 0. The van der Waals surface area contributed by atoms with Crippen LogP contribution in [0.25, 0.3) is 0 Å². The predicted octanol–water partition coefficient (Wildman–Crippen LogP) is 3.60. The third-order valence-corrected chi connectivity index (χ3v) is 7.61. The van der Waals surface area contributed by atoms with Gasteiger partial charge in [-0.15, -0.1) is 0 Å². The molecular formula is C13H21ClOSi. The van der Waals surface area contributed by atoms with Crippen molar-refractivity contribution in [2.45, 2.75) is 38.8 Å². The van der Waals surface area contributed by atoms with E-state index < -0.39 is 8.80 Å². The zero-order valence-corrected chi connectivity index (χ0v) is 12.7. The van der Waals surface area contributed by atoms with Gasteiger partial charge in [0, 0.05) is 5.02 Å². The van der Waals surface area contributed by atoms with E-state index in [0.29, 0.717) is 0 Å². The second-order valence-corrected chi connectivity index (χ2v) is 9.65. The molecule has 0 saturated heterocycles. The summed E-state index contributed by atoms with van der Waals surface area (Å²) in [5.74, 6) is 0.842. The Balaban J connectivity index is 3.10. The lowest BCUT2D eigenvalue weighted by molar-refractivity contribution is 0.415. The highest BCUT2D eigenvalue weighted by molar-refractivity contribution is 6.77. The summed E-state index contributed by atoms with van der Waals surface area (Å²) in [7, 11) is 0.675. The Morgan fingerprint density at radius 3 is 2.06 bits per heavy atom. The van der Waals surface area contributed by atoms with E-state index >= 15 is 0 Å². The van der Waals surface area contributed by atoms with Crippen LogP contribution in [0, 0.1) is 0 Å². The van der Waals surface area contributed by atoms with Crippen molar-refractivity contribution in [1.29, 1.82) is 0 Å². The van der Waals surface area contributed by atoms with E-state index in [-0.39, 0.29) is 0 Å². The average Bonchev–Trinajstić information content (AvgIpc) is 2.19. The van der Waals surface area contributed by atoms with Gasteiger partial charge in [-0.25, -0.2) is 0 Å². The molecule has 1 rings (SSSR count). The first-order valence-corrected chi connectivity index (χ1v) is 8.09. The summed E-state index contributed by atoms with van der Waals surface area (Å²) >= 11 is 6.35. The minimum atomic E-state index is -0.997. The van der Waals surface area contributed by atoms with E-state index in [9.17, 15) is 0 Å². The Morgan fingerprint density at radius 2 is 1.69 bits per heavy atom. The Hall–Kier alpha value is -0.473. The fourth-order valence-electron chi connectivity index (χ4n) is 2.39. The Morgan fingerprint density at radius 1 is 1.12 bits per heavy atom. The fraction of sp³-hybridized carbons (Fsp3) is 0.538. The van der Waals surface area contributed by atoms with E-state index in [2.05, 4.69) is 33.8 Å². The van der Waals surface area contributed by atoms with Crippen molar-refractivity contribution in [3.05, 3.63) is 23.2 Å². The van der Waals surface area contributed by atoms with Gasteiger partial charge >= 0.3 is 0 Å². The topological polar surface area (TPSA) is 9.23 Å². The molecule has 0 amide bonds. The molecule has 0 aliphatic rings. The van der Waals surface area contributed by atoms with Gasteiger partial charge < -0.3 is 4.74 Å². The summed E-state index contributed by atoms with van der Waals surface area (Å²) < 4.78 is 5.18. The van der Waals surface area contributed by atoms with Gasteiger partial charge in [0.25, 0.3) is 0 Å². The normalized spacial score (nSPS) is 11.6. The molecular weight excluding hydrogens is 236 g/mol. The van der Waals surface area contributed by atoms with Gasteiger partial charge in [-0.2, -0.15) is 0 Å². The molecule has 0 atom stereocenters. The van der Waals surface area contributed by atoms with Gasteiger partial charge in [-0.05, 0) is 28.4 Å². The van der Waals surface area contributed by atoms with E-state index in [1.54, 1.807) is 7.11 Å². The molecule has 0 spiro atoms. The maximum atomic E-state index is 6.35. The predicted molar refractivity (Wildman–Crippen MR) is 75.0 cm³/mol. The van der Waals surface area contributed by atoms with E-state index in [1.807, 2.05) is 12.1 Å². The maximum absolute atomic E-state index is 6.35. The lowest BCUT2D eigenvalue weighted by atomic mass is 10.3. The second kappa shape index (κ2) is 5.74. The van der Waals surface area contributed by atoms with Crippen LogP contribution in [0.4, 0.5) is 0 Å². The van der Waals surface area contributed by atoms with Crippen molar-refractivity contribution in [2.24, 2.45) is 0 Å². The molecule has 1 aromatic carbocycles. The van der Waals surface area contributed by atoms with Crippen molar-refractivity contribution in [1.82, 2.24) is 0 Å². The number of methoxy groups -OCH3 is 1. The zero-order valence-electron chi connectivity index (χ0n) is 10.8. The number of ether oxygens (including phenoxy) is 1. The first-order chi connectivity index (χ1) is 7.47. The van der Waals surface area contributed by atoms with Crippen LogP contribution < -0.4 is 9.92 Å². The van der Waals surface area contributed by atoms with Gasteiger partial charge in [0.15, 0.2) is 0 Å². The standard InChI is InChI=1S/C13H21ClOSi/c1-9(2)16(10(3)4)13-7-6-11(15-5)8-12(13)14/h6-10,16H,1-5H3. The molecule has 0 fully saturated rings. The third-order valence-electron chi connectivity index (χ3n) is 3.00. The van der Waals surface area contributed by atoms with Gasteiger partial charge in [-0.3, -0.25) is 0 Å². The van der Waals surface area contributed by atoms with Crippen molar-refractivity contribution in [2.75, 3.05) is 7.11 Å². The molecule has 3 heteroatoms. The largest absolute Gasteiger partial charge is 0.497 e. The zero-order chi connectivity index (χ0) is 12.3. The van der Waals surface area contributed by atoms with Crippen LogP contribution in [0.2, 0.25) is 16.1 Å². The Kier molecular flexibility index (Phi) is 4.87. The van der Waals surface area contributed by atoms with Crippen LogP contribution in [0.5, 0.6) is 5.75 Å². The van der Waals surface area contributed by atoms with Crippen LogP contribution in [0.3, 0.4) is 0 Å². The molecule has 0 heterocycles. The van der Waals surface area contributed by atoms with Gasteiger partial charge in [0.05, 0.1) is 15.9 Å². The summed E-state index contributed by atoms with van der Waals surface area (Å²) in [5.41, 5.74) is 1.46. The number of benzene rings is 1. The van der Waals surface area contributed by atoms with Gasteiger partial charge in [-0.1, -0.05) is 45.4 Å². The molecule has 0 aliphatic heterocycles. The molecule has 1 aromatic rings. The van der Waals surface area contributed by atoms with Crippen LogP contribution in [0.1, 0.15) is 27.7 Å². The quantitative estimate of drug-likeness (QED) is 0.748. The first kappa shape index (κ1) is 13.6. The molecule has 16 heavy (non-hydrogen) atoms. The highest BCUT2D eigenvalue weighted by Crippen LogP contribution is 2.24. The monoisotopic (exact) mass is 256 g/mol. The number of rotatable bonds is 4. The number of hydrogen-bond donors (Lipinski definition) is 0. The smallest absolute Gasteiger partial charge is 0.120 e. The van der Waals surface area contributed by atoms with Crippen LogP contribution in [-0.4, -0.2) is 15.9 Å². The molecule has 0 N–H and O–H groups in total. The summed E-state index contributed by atoms with van der Waals surface area (Å²) in [6.07, 6.45) is 0. The molecule has 0 unspecified atom stereocenters. The molecule has 0 aromatic heterocycles. The molecule has 0 bridgehead atoms. The number of halogens is 1. The van der Waals surface area contributed by atoms with Crippen LogP contribution >= 0.6 is 11.6 Å². The minimum absolute atomic E-state index is 0.728.